The highest BCUT2D eigenvalue weighted by molar-refractivity contribution is 5.94. The first-order valence-electron chi connectivity index (χ1n) is 11.3. The number of hydrogen-bond donors (Lipinski definition) is 2. The largest absolute Gasteiger partial charge is 0.457 e. The summed E-state index contributed by atoms with van der Waals surface area (Å²) < 4.78 is 6.64. The lowest BCUT2D eigenvalue weighted by Crippen LogP contribution is -2.45. The lowest BCUT2D eigenvalue weighted by atomic mass is 9.94. The maximum Gasteiger partial charge on any atom is 0.338 e. The van der Waals surface area contributed by atoms with Crippen molar-refractivity contribution < 1.29 is 19.4 Å². The van der Waals surface area contributed by atoms with Crippen LogP contribution in [0.3, 0.4) is 0 Å². The van der Waals surface area contributed by atoms with Crippen LogP contribution in [-0.2, 0) is 11.3 Å². The molecule has 1 saturated heterocycles. The molecule has 5 rings (SSSR count). The van der Waals surface area contributed by atoms with E-state index in [4.69, 9.17) is 4.74 Å². The average Bonchev–Trinajstić information content (AvgIpc) is 3.51. The van der Waals surface area contributed by atoms with Gasteiger partial charge in [-0.05, 0) is 71.7 Å². The molecule has 3 aromatic rings. The molecular weight excluding hydrogens is 436 g/mol. The summed E-state index contributed by atoms with van der Waals surface area (Å²) in [6, 6.07) is 10.8. The number of cyclic esters (lactones) is 1. The summed E-state index contributed by atoms with van der Waals surface area (Å²) >= 11 is 0. The second kappa shape index (κ2) is 9.32. The summed E-state index contributed by atoms with van der Waals surface area (Å²) in [7, 11) is 0. The number of carbonyl (C=O) groups excluding carboxylic acids is 2. The Morgan fingerprint density at radius 1 is 1.21 bits per heavy atom. The van der Waals surface area contributed by atoms with Gasteiger partial charge in [0, 0.05) is 36.8 Å². The van der Waals surface area contributed by atoms with Crippen molar-refractivity contribution in [2.24, 2.45) is 0 Å². The summed E-state index contributed by atoms with van der Waals surface area (Å²) in [5, 5.41) is 25.0. The van der Waals surface area contributed by atoms with Gasteiger partial charge in [0.2, 0.25) is 0 Å². The number of tetrazole rings is 1. The number of amides is 1. The third kappa shape index (κ3) is 4.42. The quantitative estimate of drug-likeness (QED) is 0.530. The highest BCUT2D eigenvalue weighted by Crippen LogP contribution is 2.29. The van der Waals surface area contributed by atoms with Gasteiger partial charge in [-0.1, -0.05) is 6.07 Å². The van der Waals surface area contributed by atoms with Gasteiger partial charge in [0.15, 0.2) is 0 Å². The number of aromatic nitrogens is 4. The Balaban J connectivity index is 1.13. The maximum absolute atomic E-state index is 12.7. The van der Waals surface area contributed by atoms with Crippen molar-refractivity contribution in [1.29, 1.82) is 0 Å². The first-order valence-corrected chi connectivity index (χ1v) is 11.3. The minimum absolute atomic E-state index is 0.0879. The number of benzene rings is 2. The van der Waals surface area contributed by atoms with Crippen LogP contribution in [0.1, 0.15) is 56.4 Å². The number of aliphatic hydroxyl groups is 1. The number of likely N-dealkylation sites (tertiary alicyclic amines) is 1. The van der Waals surface area contributed by atoms with Crippen LogP contribution >= 0.6 is 0 Å². The van der Waals surface area contributed by atoms with E-state index in [0.29, 0.717) is 17.7 Å². The number of aliphatic hydroxyl groups excluding tert-OH is 1. The maximum atomic E-state index is 12.7. The number of esters is 1. The zero-order valence-corrected chi connectivity index (χ0v) is 18.8. The van der Waals surface area contributed by atoms with Gasteiger partial charge in [0.25, 0.3) is 5.91 Å². The normalized spacial score (nSPS) is 17.3. The average molecular weight is 463 g/mol. The molecule has 2 aliphatic rings. The molecular formula is C24H26N6O4. The molecule has 2 N–H and O–H groups in total. The molecule has 2 aliphatic heterocycles. The van der Waals surface area contributed by atoms with E-state index in [1.54, 1.807) is 30.3 Å². The Morgan fingerprint density at radius 2 is 1.97 bits per heavy atom. The smallest absolute Gasteiger partial charge is 0.338 e. The second-order valence-electron chi connectivity index (χ2n) is 8.75. The van der Waals surface area contributed by atoms with Crippen LogP contribution in [0.2, 0.25) is 0 Å². The standard InChI is InChI=1S/C24H26N6O4/c1-15-19(6-7-20-21(15)13-34-24(20)33)22(31)12-29-10-8-17(9-11-29)26-23(32)16-2-4-18(5-3-16)30-14-25-27-28-30/h2-7,14,17,22,31H,8-13H2,1H3,(H,26,32). The molecule has 0 radical (unpaired) electrons. The minimum Gasteiger partial charge on any atom is -0.457 e. The van der Waals surface area contributed by atoms with E-state index in [1.165, 1.54) is 11.0 Å². The predicted octanol–water partition coefficient (Wildman–Crippen LogP) is 1.57. The van der Waals surface area contributed by atoms with Gasteiger partial charge in [-0.15, -0.1) is 5.10 Å². The van der Waals surface area contributed by atoms with E-state index in [1.807, 2.05) is 13.0 Å². The van der Waals surface area contributed by atoms with Crippen LogP contribution in [0.25, 0.3) is 5.69 Å². The number of rotatable bonds is 6. The first kappa shape index (κ1) is 22.2. The van der Waals surface area contributed by atoms with Gasteiger partial charge in [0.05, 0.1) is 17.4 Å². The highest BCUT2D eigenvalue weighted by Gasteiger charge is 2.27. The molecule has 176 valence electrons. The molecule has 0 saturated carbocycles. The van der Waals surface area contributed by atoms with E-state index in [9.17, 15) is 14.7 Å². The van der Waals surface area contributed by atoms with E-state index in [-0.39, 0.29) is 24.5 Å². The zero-order valence-electron chi connectivity index (χ0n) is 18.8. The summed E-state index contributed by atoms with van der Waals surface area (Å²) in [4.78, 5) is 26.6. The number of nitrogens with zero attached hydrogens (tertiary/aromatic N) is 5. The molecule has 1 unspecified atom stereocenters. The number of carbonyl (C=O) groups is 2. The van der Waals surface area contributed by atoms with Crippen molar-refractivity contribution in [2.45, 2.75) is 38.5 Å². The summed E-state index contributed by atoms with van der Waals surface area (Å²) in [6.45, 7) is 4.27. The molecule has 3 heterocycles. The fourth-order valence-electron chi connectivity index (χ4n) is 4.65. The van der Waals surface area contributed by atoms with E-state index in [0.717, 1.165) is 48.3 Å². The predicted molar refractivity (Wildman–Crippen MR) is 121 cm³/mol. The Kier molecular flexibility index (Phi) is 6.08. The lowest BCUT2D eigenvalue weighted by Gasteiger charge is -2.33. The van der Waals surface area contributed by atoms with Crippen molar-refractivity contribution >= 4 is 11.9 Å². The van der Waals surface area contributed by atoms with Crippen molar-refractivity contribution in [1.82, 2.24) is 30.4 Å². The van der Waals surface area contributed by atoms with Crippen LogP contribution < -0.4 is 5.32 Å². The van der Waals surface area contributed by atoms with Crippen molar-refractivity contribution in [2.75, 3.05) is 19.6 Å². The highest BCUT2D eigenvalue weighted by atomic mass is 16.5. The third-order valence-corrected chi connectivity index (χ3v) is 6.66. The molecule has 1 fully saturated rings. The van der Waals surface area contributed by atoms with Gasteiger partial charge in [-0.3, -0.25) is 4.79 Å². The summed E-state index contributed by atoms with van der Waals surface area (Å²) in [5.74, 6) is -0.404. The van der Waals surface area contributed by atoms with Gasteiger partial charge >= 0.3 is 5.97 Å². The van der Waals surface area contributed by atoms with Gasteiger partial charge in [-0.2, -0.15) is 0 Å². The molecule has 34 heavy (non-hydrogen) atoms. The monoisotopic (exact) mass is 462 g/mol. The van der Waals surface area contributed by atoms with Crippen molar-refractivity contribution in [3.8, 4) is 5.69 Å². The van der Waals surface area contributed by atoms with Crippen LogP contribution in [0.4, 0.5) is 0 Å². The van der Waals surface area contributed by atoms with Crippen LogP contribution in [-0.4, -0.2) is 67.8 Å². The number of β-amino-alcohol motifs (C(OH)–C–C–N with tert-alkyl or cyclic N) is 1. The number of ether oxygens (including phenoxy) is 1. The summed E-state index contributed by atoms with van der Waals surface area (Å²) in [6.07, 6.45) is 2.48. The molecule has 2 aromatic carbocycles. The fraction of sp³-hybridized carbons (Fsp3) is 0.375. The Morgan fingerprint density at radius 3 is 2.68 bits per heavy atom. The van der Waals surface area contributed by atoms with E-state index >= 15 is 0 Å². The Bertz CT molecular complexity index is 1190. The van der Waals surface area contributed by atoms with Crippen LogP contribution in [0.5, 0.6) is 0 Å². The molecule has 10 heteroatoms. The Hall–Kier alpha value is -3.63. The molecule has 0 bridgehead atoms. The molecule has 10 nitrogen and oxygen atoms in total. The van der Waals surface area contributed by atoms with Crippen LogP contribution in [0.15, 0.2) is 42.7 Å². The fourth-order valence-corrected chi connectivity index (χ4v) is 4.65. The summed E-state index contributed by atoms with van der Waals surface area (Å²) in [5.41, 5.74) is 4.58. The SMILES string of the molecule is Cc1c(C(O)CN2CCC(NC(=O)c3ccc(-n4cnnn4)cc3)CC2)ccc2c1COC2=O. The number of nitrogens with one attached hydrogen (secondary N) is 1. The number of piperidine rings is 1. The number of fused-ring (bicyclic) bond motifs is 1. The van der Waals surface area contributed by atoms with Gasteiger partial charge in [-0.25, -0.2) is 9.48 Å². The topological polar surface area (TPSA) is 122 Å². The van der Waals surface area contributed by atoms with Crippen molar-refractivity contribution in [3.63, 3.8) is 0 Å². The lowest BCUT2D eigenvalue weighted by molar-refractivity contribution is 0.0534. The molecule has 1 atom stereocenters. The molecule has 0 spiro atoms. The van der Waals surface area contributed by atoms with Gasteiger partial charge < -0.3 is 20.1 Å². The van der Waals surface area contributed by atoms with Crippen molar-refractivity contribution in [3.05, 3.63) is 70.5 Å². The third-order valence-electron chi connectivity index (χ3n) is 6.66. The zero-order chi connectivity index (χ0) is 23.7. The minimum atomic E-state index is -0.647. The Labute approximate surface area is 196 Å². The van der Waals surface area contributed by atoms with E-state index < -0.39 is 6.10 Å². The van der Waals surface area contributed by atoms with Crippen LogP contribution in [0, 0.1) is 6.92 Å². The molecule has 1 aromatic heterocycles. The van der Waals surface area contributed by atoms with Gasteiger partial charge in [0.1, 0.15) is 12.9 Å². The molecule has 0 aliphatic carbocycles. The van der Waals surface area contributed by atoms with E-state index in [2.05, 4.69) is 25.7 Å². The molecule has 1 amide bonds. The first-order chi connectivity index (χ1) is 16.5. The second-order valence-corrected chi connectivity index (χ2v) is 8.75. The number of hydrogen-bond acceptors (Lipinski definition) is 8.